The van der Waals surface area contributed by atoms with Crippen LogP contribution in [-0.2, 0) is 9.53 Å². The van der Waals surface area contributed by atoms with E-state index in [-0.39, 0.29) is 18.9 Å². The van der Waals surface area contributed by atoms with Gasteiger partial charge in [-0.15, -0.1) is 0 Å². The van der Waals surface area contributed by atoms with Crippen LogP contribution in [0.4, 0.5) is 25.0 Å². The van der Waals surface area contributed by atoms with Crippen molar-refractivity contribution in [3.8, 4) is 5.75 Å². The molecule has 132 valence electrons. The molecule has 0 aliphatic heterocycles. The maximum absolute atomic E-state index is 13.1. The normalized spacial score (nSPS) is 10.0. The molecule has 0 saturated carbocycles. The molecule has 0 heterocycles. The van der Waals surface area contributed by atoms with E-state index in [9.17, 15) is 18.4 Å². The van der Waals surface area contributed by atoms with E-state index < -0.39 is 23.6 Å². The molecule has 2 amide bonds. The van der Waals surface area contributed by atoms with Crippen molar-refractivity contribution in [1.29, 1.82) is 0 Å². The van der Waals surface area contributed by atoms with Crippen LogP contribution in [0.2, 0.25) is 0 Å². The van der Waals surface area contributed by atoms with E-state index in [0.717, 1.165) is 12.1 Å². The van der Waals surface area contributed by atoms with Gasteiger partial charge in [-0.25, -0.2) is 13.6 Å². The summed E-state index contributed by atoms with van der Waals surface area (Å²) in [5.74, 6) is -2.26. The van der Waals surface area contributed by atoms with Gasteiger partial charge >= 0.3 is 6.09 Å². The van der Waals surface area contributed by atoms with Gasteiger partial charge in [0, 0.05) is 23.5 Å². The second-order valence-corrected chi connectivity index (χ2v) is 4.84. The quantitative estimate of drug-likeness (QED) is 0.835. The Labute approximate surface area is 142 Å². The number of amides is 2. The Morgan fingerprint density at radius 1 is 1.00 bits per heavy atom. The summed E-state index contributed by atoms with van der Waals surface area (Å²) >= 11 is 0. The average molecular weight is 350 g/mol. The fourth-order valence-electron chi connectivity index (χ4n) is 1.87. The highest BCUT2D eigenvalue weighted by atomic mass is 19.2. The zero-order valence-corrected chi connectivity index (χ0v) is 13.3. The monoisotopic (exact) mass is 350 g/mol. The molecular weight excluding hydrogens is 334 g/mol. The number of carbonyl (C=O) groups excluding carboxylic acids is 2. The first-order valence-electron chi connectivity index (χ1n) is 7.39. The number of benzene rings is 2. The van der Waals surface area contributed by atoms with Crippen molar-refractivity contribution >= 4 is 23.4 Å². The number of hydrogen-bond donors (Lipinski definition) is 2. The zero-order chi connectivity index (χ0) is 18.2. The first-order chi connectivity index (χ1) is 12.0. The molecule has 2 N–H and O–H groups in total. The Bertz CT molecular complexity index is 768. The number of nitrogens with one attached hydrogen (secondary N) is 2. The van der Waals surface area contributed by atoms with Gasteiger partial charge in [0.05, 0.1) is 6.61 Å². The molecule has 2 aromatic carbocycles. The molecule has 8 heteroatoms. The van der Waals surface area contributed by atoms with Gasteiger partial charge in [-0.05, 0) is 31.2 Å². The lowest BCUT2D eigenvalue weighted by molar-refractivity contribution is -0.118. The van der Waals surface area contributed by atoms with Gasteiger partial charge in [-0.2, -0.15) is 0 Å². The molecule has 2 rings (SSSR count). The third-order valence-corrected chi connectivity index (χ3v) is 2.93. The lowest BCUT2D eigenvalue weighted by Crippen LogP contribution is -2.20. The smallest absolute Gasteiger partial charge is 0.411 e. The van der Waals surface area contributed by atoms with Crippen LogP contribution in [0.5, 0.6) is 5.75 Å². The van der Waals surface area contributed by atoms with Crippen molar-refractivity contribution in [2.24, 2.45) is 0 Å². The Kier molecular flexibility index (Phi) is 6.27. The third-order valence-electron chi connectivity index (χ3n) is 2.93. The SMILES string of the molecule is CCOC(=O)Nc1cccc(OCC(=O)Nc2ccc(F)c(F)c2)c1. The molecule has 0 saturated heterocycles. The van der Waals surface area contributed by atoms with Crippen molar-refractivity contribution in [3.05, 3.63) is 54.1 Å². The van der Waals surface area contributed by atoms with Gasteiger partial charge in [0.2, 0.25) is 0 Å². The van der Waals surface area contributed by atoms with Crippen LogP contribution in [0.3, 0.4) is 0 Å². The van der Waals surface area contributed by atoms with Crippen LogP contribution >= 0.6 is 0 Å². The minimum Gasteiger partial charge on any atom is -0.484 e. The predicted octanol–water partition coefficient (Wildman–Crippen LogP) is 3.55. The molecule has 0 spiro atoms. The van der Waals surface area contributed by atoms with Crippen LogP contribution in [0.15, 0.2) is 42.5 Å². The molecule has 0 aliphatic carbocycles. The van der Waals surface area contributed by atoms with Crippen LogP contribution in [0, 0.1) is 11.6 Å². The largest absolute Gasteiger partial charge is 0.484 e. The standard InChI is InChI=1S/C17H16F2N2O4/c1-2-24-17(23)21-11-4-3-5-13(8-11)25-10-16(22)20-12-6-7-14(18)15(19)9-12/h3-9H,2,10H2,1H3,(H,20,22)(H,21,23). The molecule has 0 atom stereocenters. The number of hydrogen-bond acceptors (Lipinski definition) is 4. The highest BCUT2D eigenvalue weighted by Crippen LogP contribution is 2.18. The summed E-state index contributed by atoms with van der Waals surface area (Å²) in [6, 6.07) is 9.39. The topological polar surface area (TPSA) is 76.7 Å². The maximum Gasteiger partial charge on any atom is 0.411 e. The second kappa shape index (κ2) is 8.62. The Morgan fingerprint density at radius 3 is 2.48 bits per heavy atom. The Morgan fingerprint density at radius 2 is 1.76 bits per heavy atom. The van der Waals surface area contributed by atoms with E-state index in [0.29, 0.717) is 11.4 Å². The van der Waals surface area contributed by atoms with Crippen molar-refractivity contribution < 1.29 is 27.8 Å². The summed E-state index contributed by atoms with van der Waals surface area (Å²) in [4.78, 5) is 23.1. The van der Waals surface area contributed by atoms with Gasteiger partial charge in [-0.3, -0.25) is 10.1 Å². The number of rotatable bonds is 6. The van der Waals surface area contributed by atoms with Crippen LogP contribution in [-0.4, -0.2) is 25.2 Å². The van der Waals surface area contributed by atoms with Crippen LogP contribution in [0.25, 0.3) is 0 Å². The number of ether oxygens (including phenoxy) is 2. The Balaban J connectivity index is 1.88. The molecule has 25 heavy (non-hydrogen) atoms. The minimum absolute atomic E-state index is 0.116. The van der Waals surface area contributed by atoms with Crippen molar-refractivity contribution in [2.75, 3.05) is 23.8 Å². The fourth-order valence-corrected chi connectivity index (χ4v) is 1.87. The van der Waals surface area contributed by atoms with Crippen LogP contribution < -0.4 is 15.4 Å². The summed E-state index contributed by atoms with van der Waals surface area (Å²) in [6.45, 7) is 1.58. The van der Waals surface area contributed by atoms with Gasteiger partial charge in [0.1, 0.15) is 5.75 Å². The maximum atomic E-state index is 13.1. The van der Waals surface area contributed by atoms with E-state index in [2.05, 4.69) is 10.6 Å². The molecule has 0 aliphatic rings. The molecule has 6 nitrogen and oxygen atoms in total. The number of anilines is 2. The van der Waals surface area contributed by atoms with Crippen LogP contribution in [0.1, 0.15) is 6.92 Å². The number of halogens is 2. The van der Waals surface area contributed by atoms with E-state index in [4.69, 9.17) is 9.47 Å². The summed E-state index contributed by atoms with van der Waals surface area (Å²) < 4.78 is 36.0. The van der Waals surface area contributed by atoms with E-state index in [1.54, 1.807) is 25.1 Å². The molecule has 2 aromatic rings. The minimum atomic E-state index is -1.06. The van der Waals surface area contributed by atoms with Gasteiger partial charge in [0.25, 0.3) is 5.91 Å². The number of carbonyl (C=O) groups is 2. The predicted molar refractivity (Wildman–Crippen MR) is 87.6 cm³/mol. The summed E-state index contributed by atoms with van der Waals surface area (Å²) in [6.07, 6.45) is -0.601. The van der Waals surface area contributed by atoms with E-state index in [1.165, 1.54) is 12.1 Å². The van der Waals surface area contributed by atoms with Crippen molar-refractivity contribution in [1.82, 2.24) is 0 Å². The highest BCUT2D eigenvalue weighted by Gasteiger charge is 2.08. The lowest BCUT2D eigenvalue weighted by atomic mass is 10.3. The van der Waals surface area contributed by atoms with Crippen molar-refractivity contribution in [2.45, 2.75) is 6.92 Å². The lowest BCUT2D eigenvalue weighted by Gasteiger charge is -2.10. The molecule has 0 aromatic heterocycles. The first-order valence-corrected chi connectivity index (χ1v) is 7.39. The second-order valence-electron chi connectivity index (χ2n) is 4.84. The molecule has 0 bridgehead atoms. The molecule has 0 radical (unpaired) electrons. The fraction of sp³-hybridized carbons (Fsp3) is 0.176. The van der Waals surface area contributed by atoms with Crippen molar-refractivity contribution in [3.63, 3.8) is 0 Å². The summed E-state index contributed by atoms with van der Waals surface area (Å²) in [5.41, 5.74) is 0.558. The highest BCUT2D eigenvalue weighted by molar-refractivity contribution is 5.91. The summed E-state index contributed by atoms with van der Waals surface area (Å²) in [7, 11) is 0. The molecule has 0 unspecified atom stereocenters. The van der Waals surface area contributed by atoms with Gasteiger partial charge < -0.3 is 14.8 Å². The average Bonchev–Trinajstić information content (AvgIpc) is 2.57. The molecule has 0 fully saturated rings. The first kappa shape index (κ1) is 18.2. The van der Waals surface area contributed by atoms with Gasteiger partial charge in [-0.1, -0.05) is 6.07 Å². The third kappa shape index (κ3) is 5.76. The van der Waals surface area contributed by atoms with E-state index in [1.807, 2.05) is 0 Å². The zero-order valence-electron chi connectivity index (χ0n) is 13.3. The summed E-state index contributed by atoms with van der Waals surface area (Å²) in [5, 5.41) is 4.89. The Hall–Kier alpha value is -3.16. The van der Waals surface area contributed by atoms with Gasteiger partial charge in [0.15, 0.2) is 18.2 Å². The molecular formula is C17H16F2N2O4. The van der Waals surface area contributed by atoms with E-state index >= 15 is 0 Å².